The van der Waals surface area contributed by atoms with E-state index in [9.17, 15) is 13.2 Å². The highest BCUT2D eigenvalue weighted by Gasteiger charge is 2.25. The highest BCUT2D eigenvalue weighted by Crippen LogP contribution is 2.20. The summed E-state index contributed by atoms with van der Waals surface area (Å²) < 4.78 is 32.9. The standard InChI is InChI=1S/C19H19N3O4S/c1-14-13-26-11-10-22(14)19(23)15-6-8-17(9-7-15)21-27(24,25)18-5-3-2-4-16(18)12-20/h2-9,14,21H,10-11,13H2,1H3. The fourth-order valence-corrected chi connectivity index (χ4v) is 4.10. The minimum atomic E-state index is -3.90. The summed E-state index contributed by atoms with van der Waals surface area (Å²) in [5.74, 6) is -0.116. The van der Waals surface area contributed by atoms with E-state index in [0.717, 1.165) is 0 Å². The summed E-state index contributed by atoms with van der Waals surface area (Å²) in [5, 5.41) is 9.10. The third kappa shape index (κ3) is 4.10. The van der Waals surface area contributed by atoms with Crippen molar-refractivity contribution >= 4 is 21.6 Å². The van der Waals surface area contributed by atoms with Gasteiger partial charge in [-0.2, -0.15) is 5.26 Å². The number of ether oxygens (including phenoxy) is 1. The largest absolute Gasteiger partial charge is 0.377 e. The lowest BCUT2D eigenvalue weighted by Crippen LogP contribution is -2.47. The molecule has 1 unspecified atom stereocenters. The molecule has 0 spiro atoms. The Balaban J connectivity index is 1.78. The van der Waals surface area contributed by atoms with Crippen molar-refractivity contribution in [3.8, 4) is 6.07 Å². The Morgan fingerprint density at radius 2 is 1.93 bits per heavy atom. The normalized spacial score (nSPS) is 17.2. The third-order valence-corrected chi connectivity index (χ3v) is 5.75. The lowest BCUT2D eigenvalue weighted by atomic mass is 10.1. The predicted octanol–water partition coefficient (Wildman–Crippen LogP) is 2.22. The number of rotatable bonds is 4. The van der Waals surface area contributed by atoms with Gasteiger partial charge >= 0.3 is 0 Å². The molecular formula is C19H19N3O4S. The number of benzene rings is 2. The summed E-state index contributed by atoms with van der Waals surface area (Å²) in [7, 11) is -3.90. The van der Waals surface area contributed by atoms with E-state index >= 15 is 0 Å². The van der Waals surface area contributed by atoms with Crippen LogP contribution in [0, 0.1) is 11.3 Å². The van der Waals surface area contributed by atoms with E-state index in [2.05, 4.69) is 4.72 Å². The van der Waals surface area contributed by atoms with Crippen LogP contribution in [-0.4, -0.2) is 45.0 Å². The molecule has 1 heterocycles. The second-order valence-electron chi connectivity index (χ2n) is 6.21. The predicted molar refractivity (Wildman–Crippen MR) is 99.7 cm³/mol. The smallest absolute Gasteiger partial charge is 0.263 e. The molecule has 27 heavy (non-hydrogen) atoms. The van der Waals surface area contributed by atoms with Gasteiger partial charge in [0.15, 0.2) is 0 Å². The Morgan fingerprint density at radius 1 is 1.22 bits per heavy atom. The van der Waals surface area contributed by atoms with Crippen LogP contribution in [0.2, 0.25) is 0 Å². The number of morpholine rings is 1. The minimum absolute atomic E-state index is 0.00749. The molecule has 0 aliphatic carbocycles. The van der Waals surface area contributed by atoms with Crippen LogP contribution in [0.25, 0.3) is 0 Å². The summed E-state index contributed by atoms with van der Waals surface area (Å²) in [5.41, 5.74) is 0.858. The van der Waals surface area contributed by atoms with E-state index in [1.165, 1.54) is 24.3 Å². The summed E-state index contributed by atoms with van der Waals surface area (Å²) in [6, 6.07) is 14.1. The number of sulfonamides is 1. The summed E-state index contributed by atoms with van der Waals surface area (Å²) in [6.07, 6.45) is 0. The highest BCUT2D eigenvalue weighted by atomic mass is 32.2. The van der Waals surface area contributed by atoms with Crippen LogP contribution >= 0.6 is 0 Å². The summed E-state index contributed by atoms with van der Waals surface area (Å²) >= 11 is 0. The van der Waals surface area contributed by atoms with Gasteiger partial charge in [-0.05, 0) is 43.3 Å². The van der Waals surface area contributed by atoms with E-state index in [0.29, 0.717) is 31.0 Å². The van der Waals surface area contributed by atoms with Gasteiger partial charge in [0.25, 0.3) is 15.9 Å². The number of nitriles is 1. The molecule has 0 radical (unpaired) electrons. The lowest BCUT2D eigenvalue weighted by Gasteiger charge is -2.33. The molecule has 1 N–H and O–H groups in total. The Hall–Kier alpha value is -2.89. The zero-order valence-electron chi connectivity index (χ0n) is 14.8. The van der Waals surface area contributed by atoms with Gasteiger partial charge in [0.1, 0.15) is 11.0 Å². The molecule has 2 aromatic carbocycles. The number of amides is 1. The van der Waals surface area contributed by atoms with Crippen LogP contribution in [-0.2, 0) is 14.8 Å². The highest BCUT2D eigenvalue weighted by molar-refractivity contribution is 7.92. The van der Waals surface area contributed by atoms with Gasteiger partial charge in [0.2, 0.25) is 0 Å². The van der Waals surface area contributed by atoms with Crippen molar-refractivity contribution in [2.45, 2.75) is 17.9 Å². The minimum Gasteiger partial charge on any atom is -0.377 e. The van der Waals surface area contributed by atoms with Crippen LogP contribution in [0.15, 0.2) is 53.4 Å². The molecule has 140 valence electrons. The maximum absolute atomic E-state index is 12.6. The SMILES string of the molecule is CC1COCCN1C(=O)c1ccc(NS(=O)(=O)c2ccccc2C#N)cc1. The molecule has 0 aromatic heterocycles. The van der Waals surface area contributed by atoms with Crippen molar-refractivity contribution in [3.63, 3.8) is 0 Å². The van der Waals surface area contributed by atoms with Gasteiger partial charge in [-0.3, -0.25) is 9.52 Å². The van der Waals surface area contributed by atoms with E-state index in [1.807, 2.05) is 13.0 Å². The summed E-state index contributed by atoms with van der Waals surface area (Å²) in [4.78, 5) is 14.3. The quantitative estimate of drug-likeness (QED) is 0.870. The zero-order valence-corrected chi connectivity index (χ0v) is 15.6. The Labute approximate surface area is 158 Å². The first kappa shape index (κ1) is 18.9. The number of nitrogens with zero attached hydrogens (tertiary/aromatic N) is 2. The number of carbonyl (C=O) groups excluding carboxylic acids is 1. The molecule has 0 bridgehead atoms. The van der Waals surface area contributed by atoms with Gasteiger partial charge < -0.3 is 9.64 Å². The van der Waals surface area contributed by atoms with Gasteiger partial charge in [-0.25, -0.2) is 8.42 Å². The molecular weight excluding hydrogens is 366 g/mol. The molecule has 1 aliphatic rings. The molecule has 3 rings (SSSR count). The maximum Gasteiger partial charge on any atom is 0.263 e. The first-order chi connectivity index (χ1) is 12.9. The number of nitrogens with one attached hydrogen (secondary N) is 1. The van der Waals surface area contributed by atoms with Crippen molar-refractivity contribution in [2.75, 3.05) is 24.5 Å². The monoisotopic (exact) mass is 385 g/mol. The summed E-state index contributed by atoms with van der Waals surface area (Å²) in [6.45, 7) is 3.46. The second kappa shape index (κ2) is 7.78. The maximum atomic E-state index is 12.6. The molecule has 1 atom stereocenters. The Bertz CT molecular complexity index is 981. The molecule has 7 nitrogen and oxygen atoms in total. The second-order valence-corrected chi connectivity index (χ2v) is 7.86. The molecule has 1 saturated heterocycles. The molecule has 2 aromatic rings. The first-order valence-electron chi connectivity index (χ1n) is 8.43. The van der Waals surface area contributed by atoms with Gasteiger partial charge in [0.05, 0.1) is 24.8 Å². The van der Waals surface area contributed by atoms with Crippen LogP contribution in [0.1, 0.15) is 22.8 Å². The van der Waals surface area contributed by atoms with Crippen molar-refractivity contribution in [2.24, 2.45) is 0 Å². The number of anilines is 1. The van der Waals surface area contributed by atoms with Crippen LogP contribution in [0.4, 0.5) is 5.69 Å². The van der Waals surface area contributed by atoms with Crippen molar-refractivity contribution < 1.29 is 17.9 Å². The van der Waals surface area contributed by atoms with E-state index in [-0.39, 0.29) is 22.4 Å². The molecule has 1 aliphatic heterocycles. The lowest BCUT2D eigenvalue weighted by molar-refractivity contribution is 0.00359. The van der Waals surface area contributed by atoms with E-state index in [1.54, 1.807) is 29.2 Å². The van der Waals surface area contributed by atoms with Gasteiger partial charge in [0, 0.05) is 17.8 Å². The van der Waals surface area contributed by atoms with Crippen molar-refractivity contribution in [3.05, 3.63) is 59.7 Å². The Kier molecular flexibility index (Phi) is 5.44. The van der Waals surface area contributed by atoms with Gasteiger partial charge in [-0.1, -0.05) is 12.1 Å². The van der Waals surface area contributed by atoms with E-state index in [4.69, 9.17) is 10.00 Å². The van der Waals surface area contributed by atoms with Crippen molar-refractivity contribution in [1.82, 2.24) is 4.90 Å². The average molecular weight is 385 g/mol. The topological polar surface area (TPSA) is 99.5 Å². The van der Waals surface area contributed by atoms with Crippen LogP contribution < -0.4 is 4.72 Å². The fraction of sp³-hybridized carbons (Fsp3) is 0.263. The first-order valence-corrected chi connectivity index (χ1v) is 9.91. The molecule has 1 fully saturated rings. The molecule has 0 saturated carbocycles. The van der Waals surface area contributed by atoms with Crippen LogP contribution in [0.5, 0.6) is 0 Å². The van der Waals surface area contributed by atoms with Crippen molar-refractivity contribution in [1.29, 1.82) is 5.26 Å². The molecule has 1 amide bonds. The zero-order chi connectivity index (χ0) is 19.4. The Morgan fingerprint density at radius 3 is 2.59 bits per heavy atom. The fourth-order valence-electron chi connectivity index (χ4n) is 2.88. The number of carbonyl (C=O) groups is 1. The van der Waals surface area contributed by atoms with E-state index < -0.39 is 10.0 Å². The number of hydrogen-bond acceptors (Lipinski definition) is 5. The average Bonchev–Trinajstić information content (AvgIpc) is 2.68. The number of hydrogen-bond donors (Lipinski definition) is 1. The van der Waals surface area contributed by atoms with Crippen LogP contribution in [0.3, 0.4) is 0 Å². The van der Waals surface area contributed by atoms with Gasteiger partial charge in [-0.15, -0.1) is 0 Å². The third-order valence-electron chi connectivity index (χ3n) is 4.31. The molecule has 8 heteroatoms.